The Morgan fingerprint density at radius 1 is 1.64 bits per heavy atom. The predicted molar refractivity (Wildman–Crippen MR) is 51.6 cm³/mol. The van der Waals surface area contributed by atoms with Crippen molar-refractivity contribution in [1.29, 1.82) is 0 Å². The van der Waals surface area contributed by atoms with Crippen molar-refractivity contribution in [2.24, 2.45) is 0 Å². The van der Waals surface area contributed by atoms with Gasteiger partial charge < -0.3 is 10.1 Å². The lowest BCUT2D eigenvalue weighted by atomic mass is 9.88. The van der Waals surface area contributed by atoms with E-state index in [1.165, 1.54) is 0 Å². The van der Waals surface area contributed by atoms with E-state index >= 15 is 0 Å². The van der Waals surface area contributed by atoms with Crippen LogP contribution in [0.25, 0.3) is 0 Å². The lowest BCUT2D eigenvalue weighted by Gasteiger charge is -2.37. The molecule has 1 heterocycles. The maximum absolute atomic E-state index is 11.5. The largest absolute Gasteiger partial charge is 0.448 e. The van der Waals surface area contributed by atoms with Crippen LogP contribution in [0.3, 0.4) is 0 Å². The standard InChI is InChI=1S/C10H15NO3/c1-7(2)4-5-10(9(13)11-3)6-8(12)14-10/h4H,5-6H2,1-3H3,(H,11,13). The van der Waals surface area contributed by atoms with Crippen LogP contribution in [-0.4, -0.2) is 24.5 Å². The molecule has 1 N–H and O–H groups in total. The van der Waals surface area contributed by atoms with E-state index in [9.17, 15) is 9.59 Å². The Hall–Kier alpha value is -1.32. The molecule has 0 aromatic rings. The summed E-state index contributed by atoms with van der Waals surface area (Å²) in [5.41, 5.74) is 0.166. The summed E-state index contributed by atoms with van der Waals surface area (Å²) >= 11 is 0. The molecule has 1 rings (SSSR count). The van der Waals surface area contributed by atoms with Crippen molar-refractivity contribution in [3.63, 3.8) is 0 Å². The number of nitrogens with one attached hydrogen (secondary N) is 1. The number of cyclic esters (lactones) is 1. The highest BCUT2D eigenvalue weighted by molar-refractivity contribution is 5.96. The van der Waals surface area contributed by atoms with Crippen LogP contribution in [0.1, 0.15) is 26.7 Å². The summed E-state index contributed by atoms with van der Waals surface area (Å²) in [6, 6.07) is 0. The van der Waals surface area contributed by atoms with Gasteiger partial charge in [0.25, 0.3) is 5.91 Å². The summed E-state index contributed by atoms with van der Waals surface area (Å²) in [6.45, 7) is 3.88. The monoisotopic (exact) mass is 197 g/mol. The van der Waals surface area contributed by atoms with E-state index in [-0.39, 0.29) is 18.3 Å². The normalized spacial score (nSPS) is 24.6. The van der Waals surface area contributed by atoms with Crippen molar-refractivity contribution >= 4 is 11.9 Å². The van der Waals surface area contributed by atoms with E-state index in [0.717, 1.165) is 5.57 Å². The summed E-state index contributed by atoms with van der Waals surface area (Å²) in [5.74, 6) is -0.537. The smallest absolute Gasteiger partial charge is 0.311 e. The summed E-state index contributed by atoms with van der Waals surface area (Å²) < 4.78 is 4.93. The second-order valence-electron chi connectivity index (χ2n) is 3.71. The van der Waals surface area contributed by atoms with Crippen LogP contribution in [-0.2, 0) is 14.3 Å². The zero-order valence-electron chi connectivity index (χ0n) is 8.72. The molecule has 1 aliphatic rings. The molecule has 1 aliphatic heterocycles. The summed E-state index contributed by atoms with van der Waals surface area (Å²) in [6.07, 6.45) is 2.54. The quantitative estimate of drug-likeness (QED) is 0.537. The van der Waals surface area contributed by atoms with Crippen LogP contribution in [0.5, 0.6) is 0 Å². The highest BCUT2D eigenvalue weighted by Crippen LogP contribution is 2.32. The summed E-state index contributed by atoms with van der Waals surface area (Å²) in [7, 11) is 1.54. The molecule has 0 saturated carbocycles. The third-order valence-corrected chi connectivity index (χ3v) is 2.22. The minimum absolute atomic E-state index is 0.177. The molecule has 1 unspecified atom stereocenters. The van der Waals surface area contributed by atoms with Gasteiger partial charge in [0.05, 0.1) is 6.42 Å². The average molecular weight is 197 g/mol. The SMILES string of the molecule is CNC(=O)C1(CC=C(C)C)CC(=O)O1. The first-order valence-corrected chi connectivity index (χ1v) is 4.57. The van der Waals surface area contributed by atoms with Crippen molar-refractivity contribution in [3.05, 3.63) is 11.6 Å². The van der Waals surface area contributed by atoms with E-state index in [1.807, 2.05) is 19.9 Å². The zero-order valence-corrected chi connectivity index (χ0v) is 8.72. The van der Waals surface area contributed by atoms with Crippen molar-refractivity contribution in [1.82, 2.24) is 5.32 Å². The molecule has 1 saturated heterocycles. The Labute approximate surface area is 83.3 Å². The molecular formula is C10H15NO3. The van der Waals surface area contributed by atoms with E-state index < -0.39 is 5.60 Å². The first kappa shape index (κ1) is 10.8. The number of hydrogen-bond donors (Lipinski definition) is 1. The van der Waals surface area contributed by atoms with Crippen molar-refractivity contribution in [2.75, 3.05) is 7.05 Å². The predicted octanol–water partition coefficient (Wildman–Crippen LogP) is 0.774. The summed E-state index contributed by atoms with van der Waals surface area (Å²) in [4.78, 5) is 22.2. The van der Waals surface area contributed by atoms with E-state index in [0.29, 0.717) is 6.42 Å². The Bertz CT molecular complexity index is 282. The van der Waals surface area contributed by atoms with Gasteiger partial charge in [-0.05, 0) is 13.8 Å². The second kappa shape index (κ2) is 3.82. The molecule has 0 aromatic heterocycles. The fraction of sp³-hybridized carbons (Fsp3) is 0.600. The molecule has 14 heavy (non-hydrogen) atoms. The maximum atomic E-state index is 11.5. The number of rotatable bonds is 3. The minimum atomic E-state index is -0.941. The first-order valence-electron chi connectivity index (χ1n) is 4.57. The molecule has 4 heteroatoms. The average Bonchev–Trinajstić information content (AvgIpc) is 2.08. The number of carbonyl (C=O) groups is 2. The van der Waals surface area contributed by atoms with Gasteiger partial charge in [0.2, 0.25) is 5.60 Å². The van der Waals surface area contributed by atoms with Gasteiger partial charge in [-0.3, -0.25) is 9.59 Å². The van der Waals surface area contributed by atoms with Gasteiger partial charge in [0, 0.05) is 13.5 Å². The molecule has 0 aromatic carbocycles. The molecule has 1 amide bonds. The molecule has 1 atom stereocenters. The topological polar surface area (TPSA) is 55.4 Å². The van der Waals surface area contributed by atoms with E-state index in [4.69, 9.17) is 4.74 Å². The van der Waals surface area contributed by atoms with Gasteiger partial charge in [0.1, 0.15) is 0 Å². The molecule has 0 spiro atoms. The number of likely N-dealkylation sites (N-methyl/N-ethyl adjacent to an activating group) is 1. The van der Waals surface area contributed by atoms with Crippen LogP contribution in [0.15, 0.2) is 11.6 Å². The lowest BCUT2D eigenvalue weighted by molar-refractivity contribution is -0.195. The lowest BCUT2D eigenvalue weighted by Crippen LogP contribution is -2.57. The fourth-order valence-electron chi connectivity index (χ4n) is 1.37. The maximum Gasteiger partial charge on any atom is 0.311 e. The van der Waals surface area contributed by atoms with E-state index in [2.05, 4.69) is 5.32 Å². The molecule has 0 aliphatic carbocycles. The van der Waals surface area contributed by atoms with Crippen molar-refractivity contribution in [3.8, 4) is 0 Å². The van der Waals surface area contributed by atoms with Crippen molar-refractivity contribution in [2.45, 2.75) is 32.3 Å². The summed E-state index contributed by atoms with van der Waals surface area (Å²) in [5, 5.41) is 2.51. The second-order valence-corrected chi connectivity index (χ2v) is 3.71. The van der Waals surface area contributed by atoms with Crippen molar-refractivity contribution < 1.29 is 14.3 Å². The number of amides is 1. The first-order chi connectivity index (χ1) is 6.50. The molecule has 0 radical (unpaired) electrons. The molecule has 78 valence electrons. The van der Waals surface area contributed by atoms with Crippen LogP contribution in [0.2, 0.25) is 0 Å². The van der Waals surface area contributed by atoms with Gasteiger partial charge in [0.15, 0.2) is 0 Å². The number of esters is 1. The van der Waals surface area contributed by atoms with Gasteiger partial charge >= 0.3 is 5.97 Å². The zero-order chi connectivity index (χ0) is 10.8. The molecule has 4 nitrogen and oxygen atoms in total. The Kier molecular flexibility index (Phi) is 2.93. The van der Waals surface area contributed by atoms with Gasteiger partial charge in [-0.2, -0.15) is 0 Å². The minimum Gasteiger partial charge on any atom is -0.448 e. The van der Waals surface area contributed by atoms with Gasteiger partial charge in [-0.1, -0.05) is 11.6 Å². The highest BCUT2D eigenvalue weighted by atomic mass is 16.6. The van der Waals surface area contributed by atoms with Crippen LogP contribution < -0.4 is 5.32 Å². The van der Waals surface area contributed by atoms with Crippen LogP contribution in [0.4, 0.5) is 0 Å². The molecule has 1 fully saturated rings. The van der Waals surface area contributed by atoms with Gasteiger partial charge in [-0.25, -0.2) is 0 Å². The number of hydrogen-bond acceptors (Lipinski definition) is 3. The Morgan fingerprint density at radius 3 is 2.57 bits per heavy atom. The molecular weight excluding hydrogens is 182 g/mol. The third-order valence-electron chi connectivity index (χ3n) is 2.22. The fourth-order valence-corrected chi connectivity index (χ4v) is 1.37. The van der Waals surface area contributed by atoms with Crippen LogP contribution >= 0.6 is 0 Å². The number of carbonyl (C=O) groups excluding carboxylic acids is 2. The van der Waals surface area contributed by atoms with E-state index in [1.54, 1.807) is 7.05 Å². The highest BCUT2D eigenvalue weighted by Gasteiger charge is 2.51. The number of allylic oxidation sites excluding steroid dienone is 1. The Balaban J connectivity index is 2.69. The number of ether oxygens (including phenoxy) is 1. The molecule has 0 bridgehead atoms. The van der Waals surface area contributed by atoms with Gasteiger partial charge in [-0.15, -0.1) is 0 Å². The third kappa shape index (κ3) is 1.95. The van der Waals surface area contributed by atoms with Crippen LogP contribution in [0, 0.1) is 0 Å². The Morgan fingerprint density at radius 2 is 2.21 bits per heavy atom.